The molecule has 2 rings (SSSR count). The van der Waals surface area contributed by atoms with Crippen LogP contribution in [0.3, 0.4) is 0 Å². The molecule has 1 aromatic carbocycles. The number of rotatable bonds is 0. The highest BCUT2D eigenvalue weighted by Gasteiger charge is 2.17. The molecule has 1 atom stereocenters. The summed E-state index contributed by atoms with van der Waals surface area (Å²) in [7, 11) is 0. The fourth-order valence-corrected chi connectivity index (χ4v) is 1.44. The third-order valence-corrected chi connectivity index (χ3v) is 2.04. The van der Waals surface area contributed by atoms with E-state index >= 15 is 0 Å². The molecule has 1 aliphatic heterocycles. The second-order valence-corrected chi connectivity index (χ2v) is 3.24. The molecule has 0 aromatic heterocycles. The van der Waals surface area contributed by atoms with E-state index in [4.69, 9.17) is 0 Å². The smallest absolute Gasteiger partial charge is 0.151 e. The van der Waals surface area contributed by atoms with Gasteiger partial charge in [0.1, 0.15) is 5.82 Å². The van der Waals surface area contributed by atoms with Gasteiger partial charge in [-0.1, -0.05) is 0 Å². The first-order valence-corrected chi connectivity index (χ1v) is 4.16. The predicted octanol–water partition coefficient (Wildman–Crippen LogP) is 2.19. The fourth-order valence-electron chi connectivity index (χ4n) is 1.44. The maximum atomic E-state index is 13.1. The van der Waals surface area contributed by atoms with Crippen molar-refractivity contribution in [3.8, 4) is 0 Å². The van der Waals surface area contributed by atoms with Crippen molar-refractivity contribution in [2.45, 2.75) is 13.0 Å². The average molecular weight is 184 g/mol. The maximum absolute atomic E-state index is 13.1. The van der Waals surface area contributed by atoms with Gasteiger partial charge in [-0.2, -0.15) is 0 Å². The second kappa shape index (κ2) is 2.87. The van der Waals surface area contributed by atoms with Crippen LogP contribution in [-0.4, -0.2) is 12.6 Å². The van der Waals surface area contributed by atoms with Gasteiger partial charge in [-0.05, 0) is 13.0 Å². The molecule has 1 heterocycles. The Bertz CT molecular complexity index is 339. The Morgan fingerprint density at radius 2 is 2.15 bits per heavy atom. The van der Waals surface area contributed by atoms with E-state index in [0.717, 1.165) is 6.07 Å². The van der Waals surface area contributed by atoms with Gasteiger partial charge in [-0.15, -0.1) is 0 Å². The minimum atomic E-state index is -0.556. The maximum Gasteiger partial charge on any atom is 0.151 e. The Kier molecular flexibility index (Phi) is 1.83. The zero-order valence-corrected chi connectivity index (χ0v) is 7.20. The monoisotopic (exact) mass is 184 g/mol. The summed E-state index contributed by atoms with van der Waals surface area (Å²) in [5.74, 6) is -1.10. The number of halogens is 2. The number of hydrogen-bond acceptors (Lipinski definition) is 2. The van der Waals surface area contributed by atoms with Gasteiger partial charge in [0, 0.05) is 18.7 Å². The molecule has 70 valence electrons. The van der Waals surface area contributed by atoms with Gasteiger partial charge in [0.25, 0.3) is 0 Å². The van der Waals surface area contributed by atoms with Crippen molar-refractivity contribution in [3.05, 3.63) is 23.8 Å². The minimum absolute atomic E-state index is 0.189. The zero-order valence-electron chi connectivity index (χ0n) is 7.20. The summed E-state index contributed by atoms with van der Waals surface area (Å²) < 4.78 is 25.9. The predicted molar refractivity (Wildman–Crippen MR) is 47.9 cm³/mol. The lowest BCUT2D eigenvalue weighted by atomic mass is 10.1. The van der Waals surface area contributed by atoms with Gasteiger partial charge in [-0.25, -0.2) is 8.78 Å². The summed E-state index contributed by atoms with van der Waals surface area (Å²) >= 11 is 0. The van der Waals surface area contributed by atoms with Crippen molar-refractivity contribution in [3.63, 3.8) is 0 Å². The van der Waals surface area contributed by atoms with Crippen molar-refractivity contribution >= 4 is 11.4 Å². The molecule has 0 amide bonds. The highest BCUT2D eigenvalue weighted by molar-refractivity contribution is 5.71. The Morgan fingerprint density at radius 3 is 2.92 bits per heavy atom. The van der Waals surface area contributed by atoms with Gasteiger partial charge in [0.15, 0.2) is 5.82 Å². The third-order valence-electron chi connectivity index (χ3n) is 2.04. The molecule has 13 heavy (non-hydrogen) atoms. The molecule has 2 nitrogen and oxygen atoms in total. The Morgan fingerprint density at radius 1 is 1.38 bits per heavy atom. The van der Waals surface area contributed by atoms with Gasteiger partial charge in [0.2, 0.25) is 0 Å². The van der Waals surface area contributed by atoms with Crippen LogP contribution in [0.1, 0.15) is 6.92 Å². The summed E-state index contributed by atoms with van der Waals surface area (Å²) in [6, 6.07) is 2.36. The first-order chi connectivity index (χ1) is 6.16. The van der Waals surface area contributed by atoms with Crippen molar-refractivity contribution in [2.75, 3.05) is 17.2 Å². The van der Waals surface area contributed by atoms with E-state index in [1.165, 1.54) is 6.07 Å². The molecule has 0 spiro atoms. The van der Waals surface area contributed by atoms with Crippen LogP contribution in [0.4, 0.5) is 20.2 Å². The molecule has 0 saturated carbocycles. The number of anilines is 2. The van der Waals surface area contributed by atoms with Crippen molar-refractivity contribution < 1.29 is 8.78 Å². The summed E-state index contributed by atoms with van der Waals surface area (Å²) in [4.78, 5) is 0. The first kappa shape index (κ1) is 8.29. The quantitative estimate of drug-likeness (QED) is 0.645. The van der Waals surface area contributed by atoms with Gasteiger partial charge >= 0.3 is 0 Å². The van der Waals surface area contributed by atoms with Crippen LogP contribution in [0.5, 0.6) is 0 Å². The van der Waals surface area contributed by atoms with Crippen molar-refractivity contribution in [2.24, 2.45) is 0 Å². The van der Waals surface area contributed by atoms with Crippen molar-refractivity contribution in [1.29, 1.82) is 0 Å². The van der Waals surface area contributed by atoms with Crippen LogP contribution in [-0.2, 0) is 0 Å². The zero-order chi connectivity index (χ0) is 9.42. The lowest BCUT2D eigenvalue weighted by Gasteiger charge is -2.25. The summed E-state index contributed by atoms with van der Waals surface area (Å²) in [5.41, 5.74) is 0.857. The standard InChI is InChI=1S/C9H10F2N2/c1-5-4-12-9-7(11)2-6(10)3-8(9)13-5/h2-3,5,12-13H,4H2,1H3. The fraction of sp³-hybridized carbons (Fsp3) is 0.333. The van der Waals surface area contributed by atoms with E-state index < -0.39 is 11.6 Å². The average Bonchev–Trinajstić information content (AvgIpc) is 2.02. The van der Waals surface area contributed by atoms with Crippen molar-refractivity contribution in [1.82, 2.24) is 0 Å². The van der Waals surface area contributed by atoms with Gasteiger partial charge in [-0.3, -0.25) is 0 Å². The van der Waals surface area contributed by atoms with E-state index in [9.17, 15) is 8.78 Å². The van der Waals surface area contributed by atoms with Crippen LogP contribution in [0, 0.1) is 11.6 Å². The number of fused-ring (bicyclic) bond motifs is 1. The SMILES string of the molecule is CC1CNc2c(F)cc(F)cc2N1. The Labute approximate surface area is 75.0 Å². The largest absolute Gasteiger partial charge is 0.379 e. The van der Waals surface area contributed by atoms with E-state index in [-0.39, 0.29) is 6.04 Å². The van der Waals surface area contributed by atoms with Crippen LogP contribution >= 0.6 is 0 Å². The van der Waals surface area contributed by atoms with E-state index in [1.54, 1.807) is 0 Å². The lowest BCUT2D eigenvalue weighted by molar-refractivity contribution is 0.583. The van der Waals surface area contributed by atoms with Crippen LogP contribution < -0.4 is 10.6 Å². The van der Waals surface area contributed by atoms with E-state index in [1.807, 2.05) is 6.92 Å². The molecule has 0 aliphatic carbocycles. The molecular formula is C9H10F2N2. The summed E-state index contributed by atoms with van der Waals surface area (Å²) in [6.07, 6.45) is 0. The van der Waals surface area contributed by atoms with E-state index in [0.29, 0.717) is 17.9 Å². The van der Waals surface area contributed by atoms with Crippen LogP contribution in [0.2, 0.25) is 0 Å². The molecule has 1 aromatic rings. The normalized spacial score (nSPS) is 20.1. The highest BCUT2D eigenvalue weighted by Crippen LogP contribution is 2.29. The third kappa shape index (κ3) is 1.43. The van der Waals surface area contributed by atoms with Crippen LogP contribution in [0.15, 0.2) is 12.1 Å². The second-order valence-electron chi connectivity index (χ2n) is 3.24. The molecule has 0 radical (unpaired) electrons. The topological polar surface area (TPSA) is 24.1 Å². The van der Waals surface area contributed by atoms with E-state index in [2.05, 4.69) is 10.6 Å². The minimum Gasteiger partial charge on any atom is -0.379 e. The number of hydrogen-bond donors (Lipinski definition) is 2. The number of nitrogens with one attached hydrogen (secondary N) is 2. The molecule has 2 N–H and O–H groups in total. The molecular weight excluding hydrogens is 174 g/mol. The summed E-state index contributed by atoms with van der Waals surface area (Å²) in [6.45, 7) is 2.59. The molecule has 0 bridgehead atoms. The highest BCUT2D eigenvalue weighted by atomic mass is 19.1. The van der Waals surface area contributed by atoms with Crippen LogP contribution in [0.25, 0.3) is 0 Å². The Hall–Kier alpha value is -1.32. The number of benzene rings is 1. The van der Waals surface area contributed by atoms with Gasteiger partial charge < -0.3 is 10.6 Å². The molecule has 0 fully saturated rings. The van der Waals surface area contributed by atoms with Gasteiger partial charge in [0.05, 0.1) is 11.4 Å². The molecule has 0 saturated heterocycles. The molecule has 4 heteroatoms. The first-order valence-electron chi connectivity index (χ1n) is 4.16. The Balaban J connectivity index is 2.47. The summed E-state index contributed by atoms with van der Waals surface area (Å²) in [5, 5.41) is 5.90. The lowest BCUT2D eigenvalue weighted by Crippen LogP contribution is -2.30. The molecule has 1 unspecified atom stereocenters. The molecule has 1 aliphatic rings.